The molecular formula is C15H14IN3O3. The van der Waals surface area contributed by atoms with Gasteiger partial charge in [-0.2, -0.15) is 5.10 Å². The summed E-state index contributed by atoms with van der Waals surface area (Å²) in [5, 5.41) is 6.46. The van der Waals surface area contributed by atoms with E-state index in [-0.39, 0.29) is 24.7 Å². The fraction of sp³-hybridized carbons (Fsp3) is 0.133. The van der Waals surface area contributed by atoms with Gasteiger partial charge in [-0.05, 0) is 59.0 Å². The van der Waals surface area contributed by atoms with E-state index in [1.54, 1.807) is 12.1 Å². The molecule has 1 aromatic carbocycles. The number of hydrogen-bond donors (Lipinski definition) is 2. The Morgan fingerprint density at radius 1 is 1.14 bits per heavy atom. The van der Waals surface area contributed by atoms with E-state index in [1.807, 2.05) is 24.3 Å². The van der Waals surface area contributed by atoms with Gasteiger partial charge in [0.15, 0.2) is 0 Å². The number of halogens is 1. The minimum Gasteiger partial charge on any atom is -0.463 e. The molecule has 0 saturated carbocycles. The molecule has 6 nitrogen and oxygen atoms in total. The van der Waals surface area contributed by atoms with Gasteiger partial charge in [-0.15, -0.1) is 0 Å². The van der Waals surface area contributed by atoms with Crippen molar-refractivity contribution in [2.75, 3.05) is 5.32 Å². The van der Waals surface area contributed by atoms with Crippen molar-refractivity contribution < 1.29 is 14.0 Å². The number of carbonyl (C=O) groups excluding carboxylic acids is 2. The highest BCUT2D eigenvalue weighted by atomic mass is 127. The minimum atomic E-state index is -0.333. The van der Waals surface area contributed by atoms with Crippen LogP contribution in [-0.4, -0.2) is 18.0 Å². The van der Waals surface area contributed by atoms with E-state index < -0.39 is 0 Å². The first-order chi connectivity index (χ1) is 10.6. The highest BCUT2D eigenvalue weighted by Gasteiger charge is 2.06. The molecule has 2 rings (SSSR count). The number of hydrogen-bond acceptors (Lipinski definition) is 4. The molecule has 22 heavy (non-hydrogen) atoms. The molecule has 0 aliphatic carbocycles. The molecule has 0 radical (unpaired) electrons. The standard InChI is InChI=1S/C15H14IN3O3/c16-11-3-5-12(6-4-11)18-14(20)7-8-15(21)19-17-10-13-2-1-9-22-13/h1-6,9-10H,7-8H2,(H,18,20)(H,19,21)/b17-10-. The van der Waals surface area contributed by atoms with Gasteiger partial charge in [-0.3, -0.25) is 9.59 Å². The summed E-state index contributed by atoms with van der Waals surface area (Å²) in [4.78, 5) is 23.3. The van der Waals surface area contributed by atoms with E-state index in [2.05, 4.69) is 38.4 Å². The lowest BCUT2D eigenvalue weighted by Crippen LogP contribution is -2.20. The molecule has 1 aromatic heterocycles. The molecule has 2 amide bonds. The molecule has 0 aliphatic heterocycles. The maximum absolute atomic E-state index is 11.7. The van der Waals surface area contributed by atoms with E-state index in [0.29, 0.717) is 11.4 Å². The van der Waals surface area contributed by atoms with E-state index in [0.717, 1.165) is 3.57 Å². The van der Waals surface area contributed by atoms with Gasteiger partial charge in [0.2, 0.25) is 11.8 Å². The predicted molar refractivity (Wildman–Crippen MR) is 91.5 cm³/mol. The van der Waals surface area contributed by atoms with Crippen molar-refractivity contribution in [1.82, 2.24) is 5.43 Å². The zero-order valence-electron chi connectivity index (χ0n) is 11.6. The second-order valence-corrected chi connectivity index (χ2v) is 5.61. The van der Waals surface area contributed by atoms with E-state index in [9.17, 15) is 9.59 Å². The lowest BCUT2D eigenvalue weighted by Gasteiger charge is -2.04. The normalized spacial score (nSPS) is 10.6. The lowest BCUT2D eigenvalue weighted by atomic mass is 10.2. The van der Waals surface area contributed by atoms with Crippen LogP contribution in [0.3, 0.4) is 0 Å². The zero-order chi connectivity index (χ0) is 15.8. The number of amides is 2. The van der Waals surface area contributed by atoms with Crippen LogP contribution in [0.4, 0.5) is 5.69 Å². The third kappa shape index (κ3) is 5.68. The Morgan fingerprint density at radius 3 is 2.55 bits per heavy atom. The molecule has 0 saturated heterocycles. The van der Waals surface area contributed by atoms with Crippen LogP contribution in [0.15, 0.2) is 52.2 Å². The minimum absolute atomic E-state index is 0.0612. The smallest absolute Gasteiger partial charge is 0.240 e. The molecule has 0 fully saturated rings. The topological polar surface area (TPSA) is 83.7 Å². The molecule has 7 heteroatoms. The van der Waals surface area contributed by atoms with Crippen LogP contribution < -0.4 is 10.7 Å². The Morgan fingerprint density at radius 2 is 1.86 bits per heavy atom. The number of hydrazone groups is 1. The first kappa shape index (κ1) is 16.2. The Kier molecular flexibility index (Phi) is 6.13. The largest absolute Gasteiger partial charge is 0.463 e. The number of benzene rings is 1. The molecule has 114 valence electrons. The van der Waals surface area contributed by atoms with Crippen molar-refractivity contribution in [2.45, 2.75) is 12.8 Å². The quantitative estimate of drug-likeness (QED) is 0.436. The summed E-state index contributed by atoms with van der Waals surface area (Å²) in [7, 11) is 0. The number of anilines is 1. The average molecular weight is 411 g/mol. The zero-order valence-corrected chi connectivity index (χ0v) is 13.7. The molecule has 0 unspecified atom stereocenters. The van der Waals surface area contributed by atoms with Gasteiger partial charge >= 0.3 is 0 Å². The number of furan rings is 1. The fourth-order valence-corrected chi connectivity index (χ4v) is 1.93. The molecule has 0 spiro atoms. The second kappa shape index (κ2) is 8.32. The van der Waals surface area contributed by atoms with Crippen LogP contribution in [0, 0.1) is 3.57 Å². The molecule has 0 atom stereocenters. The summed E-state index contributed by atoms with van der Waals surface area (Å²) < 4.78 is 6.11. The summed E-state index contributed by atoms with van der Waals surface area (Å²) in [5.41, 5.74) is 3.05. The van der Waals surface area contributed by atoms with Crippen molar-refractivity contribution in [3.63, 3.8) is 0 Å². The van der Waals surface area contributed by atoms with Crippen LogP contribution in [0.1, 0.15) is 18.6 Å². The van der Waals surface area contributed by atoms with Crippen LogP contribution in [0.25, 0.3) is 0 Å². The molecular weight excluding hydrogens is 397 g/mol. The molecule has 2 aromatic rings. The SMILES string of the molecule is O=C(CCC(=O)Nc1ccc(I)cc1)N/N=C\c1ccco1. The maximum atomic E-state index is 11.7. The molecule has 0 bridgehead atoms. The van der Waals surface area contributed by atoms with Crippen molar-refractivity contribution in [1.29, 1.82) is 0 Å². The van der Waals surface area contributed by atoms with Gasteiger partial charge in [-0.25, -0.2) is 5.43 Å². The second-order valence-electron chi connectivity index (χ2n) is 4.36. The van der Waals surface area contributed by atoms with E-state index >= 15 is 0 Å². The summed E-state index contributed by atoms with van der Waals surface area (Å²) in [6.07, 6.45) is 3.06. The van der Waals surface area contributed by atoms with Gasteiger partial charge in [0, 0.05) is 22.1 Å². The summed E-state index contributed by atoms with van der Waals surface area (Å²) in [6.45, 7) is 0. The van der Waals surface area contributed by atoms with Crippen molar-refractivity contribution in [2.24, 2.45) is 5.10 Å². The van der Waals surface area contributed by atoms with E-state index in [1.165, 1.54) is 12.5 Å². The molecule has 2 N–H and O–H groups in total. The monoisotopic (exact) mass is 411 g/mol. The average Bonchev–Trinajstić information content (AvgIpc) is 3.01. The number of nitrogens with one attached hydrogen (secondary N) is 2. The third-order valence-corrected chi connectivity index (χ3v) is 3.35. The van der Waals surface area contributed by atoms with Gasteiger partial charge in [0.1, 0.15) is 5.76 Å². The van der Waals surface area contributed by atoms with Gasteiger partial charge in [0.05, 0.1) is 12.5 Å². The number of carbonyl (C=O) groups is 2. The lowest BCUT2D eigenvalue weighted by molar-refractivity contribution is -0.124. The summed E-state index contributed by atoms with van der Waals surface area (Å²) >= 11 is 2.19. The Hall–Kier alpha value is -2.16. The maximum Gasteiger partial charge on any atom is 0.240 e. The fourth-order valence-electron chi connectivity index (χ4n) is 1.57. The van der Waals surface area contributed by atoms with Crippen LogP contribution >= 0.6 is 22.6 Å². The third-order valence-electron chi connectivity index (χ3n) is 2.63. The van der Waals surface area contributed by atoms with Crippen molar-refractivity contribution >= 4 is 46.3 Å². The number of rotatable bonds is 6. The summed E-state index contributed by atoms with van der Waals surface area (Å²) in [5.74, 6) is -0.0105. The Labute approximate surface area is 141 Å². The van der Waals surface area contributed by atoms with Crippen LogP contribution in [0.2, 0.25) is 0 Å². The Balaban J connectivity index is 1.69. The van der Waals surface area contributed by atoms with Crippen LogP contribution in [-0.2, 0) is 9.59 Å². The van der Waals surface area contributed by atoms with E-state index in [4.69, 9.17) is 4.42 Å². The first-order valence-electron chi connectivity index (χ1n) is 6.54. The first-order valence-corrected chi connectivity index (χ1v) is 7.62. The highest BCUT2D eigenvalue weighted by Crippen LogP contribution is 2.11. The van der Waals surface area contributed by atoms with Crippen molar-refractivity contribution in [3.8, 4) is 0 Å². The predicted octanol–water partition coefficient (Wildman–Crippen LogP) is 2.75. The van der Waals surface area contributed by atoms with Gasteiger partial charge < -0.3 is 9.73 Å². The highest BCUT2D eigenvalue weighted by molar-refractivity contribution is 14.1. The molecule has 0 aliphatic rings. The van der Waals surface area contributed by atoms with Gasteiger partial charge in [-0.1, -0.05) is 0 Å². The van der Waals surface area contributed by atoms with Gasteiger partial charge in [0.25, 0.3) is 0 Å². The number of nitrogens with zero attached hydrogens (tertiary/aromatic N) is 1. The van der Waals surface area contributed by atoms with Crippen molar-refractivity contribution in [3.05, 3.63) is 52.0 Å². The summed E-state index contributed by atoms with van der Waals surface area (Å²) in [6, 6.07) is 10.8. The Bertz CT molecular complexity index is 651. The van der Waals surface area contributed by atoms with Crippen LogP contribution in [0.5, 0.6) is 0 Å². The molecule has 1 heterocycles.